The molecule has 3 fully saturated rings. The second-order valence-electron chi connectivity index (χ2n) is 14.7. The van der Waals surface area contributed by atoms with Crippen LogP contribution >= 0.6 is 0 Å². The normalized spacial score (nSPS) is 18.6. The molecule has 3 N–H and O–H groups in total. The smallest absolute Gasteiger partial charge is 0.341 e. The van der Waals surface area contributed by atoms with Gasteiger partial charge in [0.15, 0.2) is 11.6 Å². The van der Waals surface area contributed by atoms with Crippen LogP contribution in [0.25, 0.3) is 10.9 Å². The number of hydrogen-bond acceptors (Lipinski definition) is 7. The van der Waals surface area contributed by atoms with Gasteiger partial charge in [0.25, 0.3) is 10.1 Å². The van der Waals surface area contributed by atoms with Crippen molar-refractivity contribution < 1.29 is 32.0 Å². The van der Waals surface area contributed by atoms with Gasteiger partial charge in [-0.25, -0.2) is 9.18 Å². The van der Waals surface area contributed by atoms with Gasteiger partial charge < -0.3 is 24.6 Å². The summed E-state index contributed by atoms with van der Waals surface area (Å²) < 4.78 is 53.9. The Kier molecular flexibility index (Phi) is 14.1. The molecule has 286 valence electrons. The molecular formula is C40H56FN3O7S. The Morgan fingerprint density at radius 3 is 2.23 bits per heavy atom. The third kappa shape index (κ3) is 10.3. The van der Waals surface area contributed by atoms with Gasteiger partial charge >= 0.3 is 5.97 Å². The molecule has 1 aliphatic carbocycles. The number of nitrogens with one attached hydrogen (secondary N) is 1. The van der Waals surface area contributed by atoms with Gasteiger partial charge in [-0.15, -0.1) is 0 Å². The minimum absolute atomic E-state index is 0.0599. The second kappa shape index (κ2) is 18.5. The van der Waals surface area contributed by atoms with Crippen molar-refractivity contribution in [1.29, 1.82) is 0 Å². The highest BCUT2D eigenvalue weighted by atomic mass is 32.2. The summed E-state index contributed by atoms with van der Waals surface area (Å²) in [7, 11) is -2.47. The van der Waals surface area contributed by atoms with Gasteiger partial charge in [0.05, 0.1) is 18.0 Å². The molecule has 10 nitrogen and oxygen atoms in total. The Labute approximate surface area is 307 Å². The fraction of sp³-hybridized carbons (Fsp3) is 0.600. The third-order valence-electron chi connectivity index (χ3n) is 10.7. The molecule has 0 amide bonds. The minimum Gasteiger partial charge on any atom is -0.492 e. The van der Waals surface area contributed by atoms with Crippen LogP contribution in [0.3, 0.4) is 0 Å². The van der Waals surface area contributed by atoms with E-state index in [1.165, 1.54) is 77.2 Å². The predicted molar refractivity (Wildman–Crippen MR) is 204 cm³/mol. The van der Waals surface area contributed by atoms with Crippen molar-refractivity contribution in [2.45, 2.75) is 121 Å². The van der Waals surface area contributed by atoms with Crippen LogP contribution in [-0.4, -0.2) is 61.4 Å². The number of fused-ring (bicyclic) bond motifs is 2. The fourth-order valence-electron chi connectivity index (χ4n) is 7.90. The average molecular weight is 742 g/mol. The molecule has 1 aromatic heterocycles. The highest BCUT2D eigenvalue weighted by Crippen LogP contribution is 2.45. The lowest BCUT2D eigenvalue weighted by molar-refractivity contribution is 0.0694. The number of unbranched alkanes of at least 4 members (excludes halogenated alkanes) is 9. The molecule has 3 aliphatic rings. The van der Waals surface area contributed by atoms with Crippen LogP contribution in [0, 0.1) is 11.7 Å². The Bertz CT molecular complexity index is 1830. The van der Waals surface area contributed by atoms with Crippen molar-refractivity contribution in [2.24, 2.45) is 5.92 Å². The molecule has 12 heteroatoms. The highest BCUT2D eigenvalue weighted by Gasteiger charge is 2.38. The van der Waals surface area contributed by atoms with E-state index < -0.39 is 27.3 Å². The molecule has 52 heavy (non-hydrogen) atoms. The Morgan fingerprint density at radius 2 is 1.63 bits per heavy atom. The first-order valence-corrected chi connectivity index (χ1v) is 20.8. The summed E-state index contributed by atoms with van der Waals surface area (Å²) in [6.45, 7) is 4.64. The van der Waals surface area contributed by atoms with E-state index in [-0.39, 0.29) is 22.7 Å². The second-order valence-corrected chi connectivity index (χ2v) is 16.2. The maximum atomic E-state index is 15.3. The van der Waals surface area contributed by atoms with Crippen LogP contribution in [0.4, 0.5) is 10.1 Å². The number of carboxylic acids is 1. The van der Waals surface area contributed by atoms with E-state index in [2.05, 4.69) is 12.2 Å². The van der Waals surface area contributed by atoms with Crippen molar-refractivity contribution >= 4 is 32.7 Å². The predicted octanol–water partition coefficient (Wildman–Crippen LogP) is 7.91. The molecule has 3 aromatic rings. The molecule has 2 saturated heterocycles. The first-order valence-electron chi connectivity index (χ1n) is 19.2. The molecule has 0 unspecified atom stereocenters. The zero-order valence-corrected chi connectivity index (χ0v) is 31.6. The Morgan fingerprint density at radius 1 is 0.981 bits per heavy atom. The summed E-state index contributed by atoms with van der Waals surface area (Å²) in [5.41, 5.74) is 1.62. The van der Waals surface area contributed by atoms with Crippen LogP contribution in [0.2, 0.25) is 0 Å². The number of methoxy groups -OCH3 is 1. The standard InChI is InChI=1S/C21H24FN3O4.C19H32O3S/c1-29-20-17-13(19(26)14(21(27)28)9-25(17)12-4-5-12)7-15(22)18(20)24-8-11-3-2-6-23-16(11)10-24;1-2-3-4-5-6-7-8-9-10-11-14-18-15-12-13-16-19(18)17-23(20,21)22/h7,9,11-12,16,23H,2-6,8,10H2,1H3,(H,27,28);12-13,15-16H,2-11,14,17H2,1H3,(H,20,21,22)/t11-,16+;/m0./s1. The van der Waals surface area contributed by atoms with Crippen LogP contribution in [0.5, 0.6) is 5.75 Å². The third-order valence-corrected chi connectivity index (χ3v) is 11.4. The first-order chi connectivity index (χ1) is 25.0. The zero-order chi connectivity index (χ0) is 37.3. The lowest BCUT2D eigenvalue weighted by Crippen LogP contribution is -2.40. The number of anilines is 1. The number of piperidine rings is 1. The van der Waals surface area contributed by atoms with Crippen LogP contribution in [-0.2, 0) is 22.3 Å². The van der Waals surface area contributed by atoms with E-state index in [9.17, 15) is 23.1 Å². The van der Waals surface area contributed by atoms with Crippen molar-refractivity contribution in [3.8, 4) is 5.75 Å². The first kappa shape index (κ1) is 39.7. The molecule has 0 bridgehead atoms. The Hall–Kier alpha value is -3.48. The number of aromatic carboxylic acids is 1. The van der Waals surface area contributed by atoms with E-state index >= 15 is 4.39 Å². The van der Waals surface area contributed by atoms with Crippen LogP contribution in [0.1, 0.15) is 124 Å². The summed E-state index contributed by atoms with van der Waals surface area (Å²) >= 11 is 0. The Balaban J connectivity index is 0.000000208. The van der Waals surface area contributed by atoms with Gasteiger partial charge in [-0.05, 0) is 68.2 Å². The molecule has 2 aromatic carbocycles. The van der Waals surface area contributed by atoms with Crippen molar-refractivity contribution in [2.75, 3.05) is 31.6 Å². The number of rotatable bonds is 17. The molecule has 0 radical (unpaired) electrons. The van der Waals surface area contributed by atoms with Gasteiger partial charge in [0.2, 0.25) is 5.43 Å². The lowest BCUT2D eigenvalue weighted by atomic mass is 9.94. The molecule has 3 heterocycles. The number of carbonyl (C=O) groups is 1. The van der Waals surface area contributed by atoms with Gasteiger partial charge in [-0.3, -0.25) is 9.35 Å². The maximum Gasteiger partial charge on any atom is 0.341 e. The number of aromatic nitrogens is 1. The molecular weight excluding hydrogens is 686 g/mol. The largest absolute Gasteiger partial charge is 0.492 e. The molecule has 2 aliphatic heterocycles. The number of aryl methyl sites for hydroxylation is 1. The fourth-order valence-corrected chi connectivity index (χ4v) is 8.57. The van der Waals surface area contributed by atoms with E-state index in [0.29, 0.717) is 35.5 Å². The van der Waals surface area contributed by atoms with E-state index in [1.54, 1.807) is 10.6 Å². The number of halogens is 1. The topological polar surface area (TPSA) is 138 Å². The summed E-state index contributed by atoms with van der Waals surface area (Å²) in [5, 5.41) is 13.0. The van der Waals surface area contributed by atoms with Crippen molar-refractivity contribution in [1.82, 2.24) is 9.88 Å². The monoisotopic (exact) mass is 741 g/mol. The molecule has 2 atom stereocenters. The number of hydrogen-bond donors (Lipinski definition) is 3. The van der Waals surface area contributed by atoms with Crippen molar-refractivity contribution in [3.63, 3.8) is 0 Å². The number of carboxylic acid groups (broad SMARTS) is 1. The number of ether oxygens (including phenoxy) is 1. The van der Waals surface area contributed by atoms with Gasteiger partial charge in [-0.2, -0.15) is 8.42 Å². The number of benzene rings is 2. The van der Waals surface area contributed by atoms with Gasteiger partial charge in [-0.1, -0.05) is 89.0 Å². The SMILES string of the molecule is CCCCCCCCCCCCc1ccccc1CS(=O)(=O)O.COc1c(N2C[C@@H]3CCCN[C@@H]3C2)c(F)cc2c(=O)c(C(=O)O)cn(C3CC3)c12. The highest BCUT2D eigenvalue weighted by molar-refractivity contribution is 7.85. The molecule has 1 saturated carbocycles. The number of pyridine rings is 1. The summed E-state index contributed by atoms with van der Waals surface area (Å²) in [6, 6.07) is 9.13. The van der Waals surface area contributed by atoms with E-state index in [4.69, 9.17) is 9.29 Å². The van der Waals surface area contributed by atoms with Crippen molar-refractivity contribution in [3.05, 3.63) is 69.3 Å². The van der Waals surface area contributed by atoms with E-state index in [1.807, 2.05) is 23.1 Å². The van der Waals surface area contributed by atoms with Gasteiger partial charge in [0, 0.05) is 31.4 Å². The van der Waals surface area contributed by atoms with Crippen LogP contribution in [0.15, 0.2) is 41.3 Å². The lowest BCUT2D eigenvalue weighted by Gasteiger charge is -2.25. The van der Waals surface area contributed by atoms with E-state index in [0.717, 1.165) is 62.7 Å². The minimum atomic E-state index is -3.95. The summed E-state index contributed by atoms with van der Waals surface area (Å²) in [4.78, 5) is 26.4. The molecule has 6 rings (SSSR count). The van der Waals surface area contributed by atoms with Gasteiger partial charge in [0.1, 0.15) is 17.0 Å². The average Bonchev–Trinajstić information content (AvgIpc) is 3.87. The van der Waals surface area contributed by atoms with Crippen LogP contribution < -0.4 is 20.4 Å². The quantitative estimate of drug-likeness (QED) is 0.0931. The summed E-state index contributed by atoms with van der Waals surface area (Å²) in [6.07, 6.45) is 19.2. The summed E-state index contributed by atoms with van der Waals surface area (Å²) in [5.74, 6) is -1.34. The maximum absolute atomic E-state index is 15.3. The number of nitrogens with zero attached hydrogens (tertiary/aromatic N) is 2. The zero-order valence-electron chi connectivity index (χ0n) is 30.7. The molecule has 0 spiro atoms.